The number of nitrogens with one attached hydrogen (secondary N) is 3. The molecule has 202 valence electrons. The van der Waals surface area contributed by atoms with Crippen molar-refractivity contribution in [3.63, 3.8) is 0 Å². The highest BCUT2D eigenvalue weighted by Crippen LogP contribution is 2.31. The van der Waals surface area contributed by atoms with E-state index in [-0.39, 0.29) is 30.8 Å². The van der Waals surface area contributed by atoms with Crippen LogP contribution in [0.1, 0.15) is 49.9 Å². The van der Waals surface area contributed by atoms with E-state index in [9.17, 15) is 9.59 Å². The largest absolute Gasteiger partial charge is 0.497 e. The van der Waals surface area contributed by atoms with Gasteiger partial charge in [-0.2, -0.15) is 5.10 Å². The van der Waals surface area contributed by atoms with E-state index >= 15 is 0 Å². The van der Waals surface area contributed by atoms with Crippen molar-refractivity contribution >= 4 is 41.8 Å². The average Bonchev–Trinajstić information content (AvgIpc) is 3.34. The maximum atomic E-state index is 12.7. The van der Waals surface area contributed by atoms with Crippen molar-refractivity contribution < 1.29 is 19.1 Å². The zero-order chi connectivity index (χ0) is 27.1. The van der Waals surface area contributed by atoms with Gasteiger partial charge in [0.1, 0.15) is 20.0 Å². The van der Waals surface area contributed by atoms with Crippen LogP contribution >= 0.6 is 0 Å². The van der Waals surface area contributed by atoms with Crippen molar-refractivity contribution in [2.24, 2.45) is 0 Å². The molecule has 1 aliphatic heterocycles. The summed E-state index contributed by atoms with van der Waals surface area (Å²) in [5.41, 5.74) is 5.57. The summed E-state index contributed by atoms with van der Waals surface area (Å²) >= 11 is 0. The summed E-state index contributed by atoms with van der Waals surface area (Å²) in [5.74, 6) is 0.133. The van der Waals surface area contributed by atoms with Gasteiger partial charge >= 0.3 is 0 Å². The van der Waals surface area contributed by atoms with Crippen molar-refractivity contribution in [2.45, 2.75) is 65.2 Å². The third-order valence-electron chi connectivity index (χ3n) is 6.91. The third kappa shape index (κ3) is 6.45. The van der Waals surface area contributed by atoms with Crippen LogP contribution in [-0.4, -0.2) is 60.8 Å². The fraction of sp³-hybridized carbons (Fsp3) is 0.481. The number of carbonyl (C=O) groups is 2. The van der Waals surface area contributed by atoms with Gasteiger partial charge in [0.05, 0.1) is 24.4 Å². The molecular formula is C27H37BN6O4. The summed E-state index contributed by atoms with van der Waals surface area (Å²) in [6.07, 6.45) is 4.12. The first kappa shape index (κ1) is 27.4. The molecule has 0 saturated carbocycles. The van der Waals surface area contributed by atoms with Crippen molar-refractivity contribution in [1.82, 2.24) is 25.4 Å². The Hall–Kier alpha value is -3.60. The molecule has 4 rings (SSSR count). The van der Waals surface area contributed by atoms with Crippen LogP contribution in [0.4, 0.5) is 5.69 Å². The minimum atomic E-state index is -0.336. The molecular weight excluding hydrogens is 483 g/mol. The highest BCUT2D eigenvalue weighted by Gasteiger charge is 2.22. The number of hydrogen-bond acceptors (Lipinski definition) is 7. The second-order valence-electron chi connectivity index (χ2n) is 9.53. The predicted octanol–water partition coefficient (Wildman–Crippen LogP) is 1.19. The summed E-state index contributed by atoms with van der Waals surface area (Å²) < 4.78 is 12.7. The Labute approximate surface area is 224 Å². The van der Waals surface area contributed by atoms with Gasteiger partial charge in [0, 0.05) is 50.1 Å². The molecule has 2 amide bonds. The topological polar surface area (TPSA) is 119 Å². The molecule has 0 atom stereocenters. The minimum absolute atomic E-state index is 0.247. The normalized spacial score (nSPS) is 13.9. The highest BCUT2D eigenvalue weighted by atomic mass is 16.5. The van der Waals surface area contributed by atoms with Gasteiger partial charge in [0.15, 0.2) is 5.65 Å². The van der Waals surface area contributed by atoms with Gasteiger partial charge in [-0.05, 0) is 43.3 Å². The van der Waals surface area contributed by atoms with Crippen molar-refractivity contribution in [1.29, 1.82) is 0 Å². The summed E-state index contributed by atoms with van der Waals surface area (Å²) in [7, 11) is 3.58. The first-order chi connectivity index (χ1) is 18.4. The lowest BCUT2D eigenvalue weighted by Crippen LogP contribution is -2.32. The molecule has 3 aromatic rings. The Kier molecular flexibility index (Phi) is 9.22. The van der Waals surface area contributed by atoms with E-state index in [1.54, 1.807) is 7.11 Å². The van der Waals surface area contributed by atoms with Crippen LogP contribution in [0.3, 0.4) is 0 Å². The summed E-state index contributed by atoms with van der Waals surface area (Å²) in [5, 5.41) is 14.9. The number of ether oxygens (including phenoxy) is 2. The molecule has 0 radical (unpaired) electrons. The number of pyridine rings is 1. The lowest BCUT2D eigenvalue weighted by molar-refractivity contribution is -0.129. The van der Waals surface area contributed by atoms with Gasteiger partial charge in [-0.3, -0.25) is 9.59 Å². The van der Waals surface area contributed by atoms with Crippen LogP contribution in [0.5, 0.6) is 5.75 Å². The van der Waals surface area contributed by atoms with Gasteiger partial charge in [-0.1, -0.05) is 19.1 Å². The number of carbonyl (C=O) groups excluding carboxylic acids is 2. The van der Waals surface area contributed by atoms with Crippen LogP contribution < -0.4 is 26.2 Å². The molecule has 0 unspecified atom stereocenters. The maximum Gasteiger partial charge on any atom is 0.229 e. The van der Waals surface area contributed by atoms with Gasteiger partial charge in [0.2, 0.25) is 11.8 Å². The number of hydrogen-bond donors (Lipinski definition) is 3. The number of benzene rings is 1. The molecule has 1 fully saturated rings. The first-order valence-electron chi connectivity index (χ1n) is 13.3. The van der Waals surface area contributed by atoms with Crippen LogP contribution in [-0.2, 0) is 40.4 Å². The number of amides is 2. The number of anilines is 1. The Morgan fingerprint density at radius 3 is 2.55 bits per heavy atom. The van der Waals surface area contributed by atoms with Crippen molar-refractivity contribution in [3.05, 3.63) is 41.2 Å². The molecule has 1 aromatic carbocycles. The highest BCUT2D eigenvalue weighted by molar-refractivity contribution is 6.34. The second kappa shape index (κ2) is 12.8. The van der Waals surface area contributed by atoms with E-state index < -0.39 is 0 Å². The number of nitrogens with zero attached hydrogens (tertiary/aromatic N) is 3. The lowest BCUT2D eigenvalue weighted by atomic mass is 9.93. The zero-order valence-electron chi connectivity index (χ0n) is 22.7. The van der Waals surface area contributed by atoms with Crippen LogP contribution in [0.2, 0.25) is 0 Å². The Bertz CT molecular complexity index is 1290. The SMILES string of the molecule is Bc1cc(CNC(=O)CC(=O)NCc2c(CC)nc3c(cnn3CC)c2NC2CCOCC2)ccc1OC. The molecule has 0 spiro atoms. The minimum Gasteiger partial charge on any atom is -0.497 e. The van der Waals surface area contributed by atoms with Crippen LogP contribution in [0.25, 0.3) is 11.0 Å². The average molecular weight is 520 g/mol. The molecule has 10 nitrogen and oxygen atoms in total. The Morgan fingerprint density at radius 1 is 1.16 bits per heavy atom. The number of rotatable bonds is 11. The van der Waals surface area contributed by atoms with E-state index in [4.69, 9.17) is 14.5 Å². The quantitative estimate of drug-likeness (QED) is 0.257. The Balaban J connectivity index is 1.44. The number of aryl methyl sites for hydroxylation is 2. The molecule has 38 heavy (non-hydrogen) atoms. The summed E-state index contributed by atoms with van der Waals surface area (Å²) in [4.78, 5) is 30.1. The molecule has 3 heterocycles. The lowest BCUT2D eigenvalue weighted by Gasteiger charge is -2.26. The van der Waals surface area contributed by atoms with Crippen molar-refractivity contribution in [2.75, 3.05) is 25.6 Å². The molecule has 1 saturated heterocycles. The van der Waals surface area contributed by atoms with Gasteiger partial charge < -0.3 is 25.4 Å². The standard InChI is InChI=1S/C27H37BN6O4/c1-4-22-19(15-30-25(36)13-24(35)29-14-17-6-7-23(37-3)21(28)12-17)26(32-18-8-10-38-11-9-18)20-16-31-34(5-2)27(20)33-22/h6-7,12,16,18H,4-5,8-11,13-15,28H2,1-3H3,(H,29,35)(H,30,36)(H,32,33). The second-order valence-corrected chi connectivity index (χ2v) is 9.53. The van der Waals surface area contributed by atoms with Crippen LogP contribution in [0.15, 0.2) is 24.4 Å². The van der Waals surface area contributed by atoms with Crippen LogP contribution in [0, 0.1) is 0 Å². The molecule has 1 aliphatic rings. The van der Waals surface area contributed by atoms with Gasteiger partial charge in [-0.15, -0.1) is 0 Å². The fourth-order valence-electron chi connectivity index (χ4n) is 4.81. The van der Waals surface area contributed by atoms with Crippen molar-refractivity contribution in [3.8, 4) is 5.75 Å². The van der Waals surface area contributed by atoms with Gasteiger partial charge in [0.25, 0.3) is 0 Å². The number of fused-ring (bicyclic) bond motifs is 1. The molecule has 3 N–H and O–H groups in total. The van der Waals surface area contributed by atoms with E-state index in [0.29, 0.717) is 13.0 Å². The smallest absolute Gasteiger partial charge is 0.229 e. The van der Waals surface area contributed by atoms with E-state index in [1.165, 1.54) is 0 Å². The monoisotopic (exact) mass is 520 g/mol. The number of methoxy groups -OCH3 is 1. The molecule has 2 aromatic heterocycles. The first-order valence-corrected chi connectivity index (χ1v) is 13.3. The maximum absolute atomic E-state index is 12.7. The van der Waals surface area contributed by atoms with E-state index in [1.807, 2.05) is 43.8 Å². The number of aromatic nitrogens is 3. The third-order valence-corrected chi connectivity index (χ3v) is 6.91. The van der Waals surface area contributed by atoms with E-state index in [0.717, 1.165) is 77.4 Å². The molecule has 0 bridgehead atoms. The van der Waals surface area contributed by atoms with Gasteiger partial charge in [-0.25, -0.2) is 9.67 Å². The predicted molar refractivity (Wildman–Crippen MR) is 150 cm³/mol. The molecule has 0 aliphatic carbocycles. The Morgan fingerprint density at radius 2 is 1.89 bits per heavy atom. The summed E-state index contributed by atoms with van der Waals surface area (Å²) in [6, 6.07) is 6.00. The molecule has 11 heteroatoms. The fourth-order valence-corrected chi connectivity index (χ4v) is 4.81. The summed E-state index contributed by atoms with van der Waals surface area (Å²) in [6.45, 7) is 6.88. The van der Waals surface area contributed by atoms with E-state index in [2.05, 4.69) is 28.0 Å². The zero-order valence-corrected chi connectivity index (χ0v) is 22.7.